The van der Waals surface area contributed by atoms with Gasteiger partial charge in [0.1, 0.15) is 12.7 Å². The van der Waals surface area contributed by atoms with Crippen molar-refractivity contribution in [2.45, 2.75) is 0 Å². The Labute approximate surface area is 183 Å². The van der Waals surface area contributed by atoms with E-state index < -0.39 is 5.97 Å². The zero-order chi connectivity index (χ0) is 22.4. The van der Waals surface area contributed by atoms with Crippen molar-refractivity contribution >= 4 is 34.9 Å². The molecule has 2 aromatic carbocycles. The van der Waals surface area contributed by atoms with E-state index in [1.54, 1.807) is 24.3 Å². The Bertz CT molecular complexity index is 1090. The lowest BCUT2D eigenvalue weighted by atomic mass is 10.1. The molecule has 2 N–H and O–H groups in total. The molecule has 3 aromatic rings. The second-order valence-corrected chi connectivity index (χ2v) is 6.58. The Balaban J connectivity index is 1.80. The first-order valence-corrected chi connectivity index (χ1v) is 9.37. The number of halogens is 1. The molecule has 11 heteroatoms. The second kappa shape index (κ2) is 9.81. The molecule has 0 aliphatic heterocycles. The van der Waals surface area contributed by atoms with Crippen LogP contribution in [0.1, 0.15) is 10.4 Å². The van der Waals surface area contributed by atoms with E-state index in [9.17, 15) is 9.59 Å². The molecule has 10 nitrogen and oxygen atoms in total. The fourth-order valence-electron chi connectivity index (χ4n) is 2.81. The normalized spacial score (nSPS) is 10.3. The fourth-order valence-corrected chi connectivity index (χ4v) is 2.99. The van der Waals surface area contributed by atoms with Gasteiger partial charge in [0, 0.05) is 17.2 Å². The first-order valence-electron chi connectivity index (χ1n) is 8.99. The SMILES string of the molecule is COC(=O)c1cc(OC)c(OC)cc1NCC(=O)Nc1cc(Cl)ccc1-n1cncn1. The van der Waals surface area contributed by atoms with Crippen LogP contribution in [-0.4, -0.2) is 54.5 Å². The van der Waals surface area contributed by atoms with Crippen molar-refractivity contribution < 1.29 is 23.8 Å². The molecule has 1 aromatic heterocycles. The maximum atomic E-state index is 12.6. The van der Waals surface area contributed by atoms with Crippen LogP contribution < -0.4 is 20.1 Å². The van der Waals surface area contributed by atoms with Crippen molar-refractivity contribution in [3.63, 3.8) is 0 Å². The monoisotopic (exact) mass is 445 g/mol. The molecule has 0 radical (unpaired) electrons. The number of esters is 1. The van der Waals surface area contributed by atoms with Gasteiger partial charge in [-0.1, -0.05) is 11.6 Å². The minimum Gasteiger partial charge on any atom is -0.493 e. The van der Waals surface area contributed by atoms with Gasteiger partial charge >= 0.3 is 5.97 Å². The standard InChI is InChI=1S/C20H20ClN5O5/c1-29-17-7-13(20(28)31-3)14(8-18(17)30-2)23-9-19(27)25-15-6-12(21)4-5-16(15)26-11-22-10-24-26/h4-8,10-11,23H,9H2,1-3H3,(H,25,27). The van der Waals surface area contributed by atoms with Crippen molar-refractivity contribution in [1.29, 1.82) is 0 Å². The van der Waals surface area contributed by atoms with Gasteiger partial charge in [-0.2, -0.15) is 5.10 Å². The Morgan fingerprint density at radius 1 is 1.06 bits per heavy atom. The van der Waals surface area contributed by atoms with Gasteiger partial charge in [-0.3, -0.25) is 4.79 Å². The third kappa shape index (κ3) is 5.04. The van der Waals surface area contributed by atoms with E-state index in [4.69, 9.17) is 25.8 Å². The second-order valence-electron chi connectivity index (χ2n) is 6.15. The molecule has 0 aliphatic rings. The Morgan fingerprint density at radius 2 is 1.81 bits per heavy atom. The lowest BCUT2D eigenvalue weighted by molar-refractivity contribution is -0.114. The van der Waals surface area contributed by atoms with E-state index in [-0.39, 0.29) is 18.0 Å². The summed E-state index contributed by atoms with van der Waals surface area (Å²) in [7, 11) is 4.19. The van der Waals surface area contributed by atoms with Crippen LogP contribution in [0.25, 0.3) is 5.69 Å². The summed E-state index contributed by atoms with van der Waals surface area (Å²) in [6.45, 7) is -0.150. The topological polar surface area (TPSA) is 117 Å². The van der Waals surface area contributed by atoms with Crippen LogP contribution in [0.2, 0.25) is 5.02 Å². The van der Waals surface area contributed by atoms with Crippen LogP contribution in [0.4, 0.5) is 11.4 Å². The maximum absolute atomic E-state index is 12.6. The molecule has 0 fully saturated rings. The molecule has 1 amide bonds. The lowest BCUT2D eigenvalue weighted by Gasteiger charge is -2.16. The quantitative estimate of drug-likeness (QED) is 0.508. The molecular weight excluding hydrogens is 426 g/mol. The summed E-state index contributed by atoms with van der Waals surface area (Å²) in [5.74, 6) is -0.225. The highest BCUT2D eigenvalue weighted by Crippen LogP contribution is 2.33. The van der Waals surface area contributed by atoms with E-state index in [0.29, 0.717) is 33.6 Å². The highest BCUT2D eigenvalue weighted by Gasteiger charge is 2.18. The number of nitrogens with one attached hydrogen (secondary N) is 2. The summed E-state index contributed by atoms with van der Waals surface area (Å²) in [5, 5.41) is 10.2. The predicted molar refractivity (Wildman–Crippen MR) is 114 cm³/mol. The summed E-state index contributed by atoms with van der Waals surface area (Å²) in [5.41, 5.74) is 1.59. The third-order valence-electron chi connectivity index (χ3n) is 4.27. The number of hydrogen-bond donors (Lipinski definition) is 2. The van der Waals surface area contributed by atoms with E-state index in [2.05, 4.69) is 20.7 Å². The lowest BCUT2D eigenvalue weighted by Crippen LogP contribution is -2.23. The molecule has 0 saturated carbocycles. The van der Waals surface area contributed by atoms with Gasteiger partial charge in [-0.05, 0) is 18.2 Å². The van der Waals surface area contributed by atoms with Gasteiger partial charge < -0.3 is 24.8 Å². The summed E-state index contributed by atoms with van der Waals surface area (Å²) < 4.78 is 16.8. The number of carbonyl (C=O) groups is 2. The van der Waals surface area contributed by atoms with Gasteiger partial charge in [0.25, 0.3) is 0 Å². The first kappa shape index (κ1) is 21.9. The minimum atomic E-state index is -0.591. The van der Waals surface area contributed by atoms with E-state index in [1.807, 2.05) is 0 Å². The van der Waals surface area contributed by atoms with Crippen molar-refractivity contribution in [3.8, 4) is 17.2 Å². The number of anilines is 2. The minimum absolute atomic E-state index is 0.150. The van der Waals surface area contributed by atoms with Crippen molar-refractivity contribution in [2.24, 2.45) is 0 Å². The molecule has 0 spiro atoms. The Hall–Kier alpha value is -3.79. The smallest absolute Gasteiger partial charge is 0.340 e. The van der Waals surface area contributed by atoms with Crippen LogP contribution in [0.3, 0.4) is 0 Å². The molecule has 3 rings (SSSR count). The van der Waals surface area contributed by atoms with Gasteiger partial charge in [0.2, 0.25) is 5.91 Å². The molecule has 0 atom stereocenters. The largest absolute Gasteiger partial charge is 0.493 e. The first-order chi connectivity index (χ1) is 15.0. The highest BCUT2D eigenvalue weighted by molar-refractivity contribution is 6.31. The average molecular weight is 446 g/mol. The molecule has 162 valence electrons. The Morgan fingerprint density at radius 3 is 2.45 bits per heavy atom. The van der Waals surface area contributed by atoms with Gasteiger partial charge in [0.05, 0.1) is 50.5 Å². The van der Waals surface area contributed by atoms with E-state index >= 15 is 0 Å². The average Bonchev–Trinajstić information content (AvgIpc) is 3.31. The molecule has 0 saturated heterocycles. The zero-order valence-corrected chi connectivity index (χ0v) is 17.8. The van der Waals surface area contributed by atoms with Crippen LogP contribution in [0.5, 0.6) is 11.5 Å². The summed E-state index contributed by atoms with van der Waals surface area (Å²) in [6.07, 6.45) is 2.89. The summed E-state index contributed by atoms with van der Waals surface area (Å²) >= 11 is 6.08. The molecule has 0 unspecified atom stereocenters. The number of nitrogens with zero attached hydrogens (tertiary/aromatic N) is 3. The van der Waals surface area contributed by atoms with Crippen LogP contribution in [0, 0.1) is 0 Å². The molecule has 1 heterocycles. The Kier molecular flexibility index (Phi) is 6.93. The number of amides is 1. The van der Waals surface area contributed by atoms with Gasteiger partial charge in [-0.25, -0.2) is 14.5 Å². The highest BCUT2D eigenvalue weighted by atomic mass is 35.5. The number of hydrogen-bond acceptors (Lipinski definition) is 8. The molecular formula is C20H20ClN5O5. The van der Waals surface area contributed by atoms with Crippen LogP contribution in [0.15, 0.2) is 43.0 Å². The van der Waals surface area contributed by atoms with E-state index in [0.717, 1.165) is 0 Å². The number of aromatic nitrogens is 3. The van der Waals surface area contributed by atoms with Gasteiger partial charge in [-0.15, -0.1) is 0 Å². The van der Waals surface area contributed by atoms with Crippen molar-refractivity contribution in [1.82, 2.24) is 14.8 Å². The molecule has 0 bridgehead atoms. The number of methoxy groups -OCH3 is 3. The van der Waals surface area contributed by atoms with Crippen molar-refractivity contribution in [2.75, 3.05) is 38.5 Å². The van der Waals surface area contributed by atoms with Crippen molar-refractivity contribution in [3.05, 3.63) is 53.6 Å². The molecule has 0 aliphatic carbocycles. The van der Waals surface area contributed by atoms with Crippen LogP contribution >= 0.6 is 11.6 Å². The summed E-state index contributed by atoms with van der Waals surface area (Å²) in [4.78, 5) is 28.7. The molecule has 31 heavy (non-hydrogen) atoms. The zero-order valence-electron chi connectivity index (χ0n) is 17.0. The summed E-state index contributed by atoms with van der Waals surface area (Å²) in [6, 6.07) is 8.03. The van der Waals surface area contributed by atoms with Gasteiger partial charge in [0.15, 0.2) is 11.5 Å². The number of ether oxygens (including phenoxy) is 3. The predicted octanol–water partition coefficient (Wildman–Crippen LogP) is 2.78. The maximum Gasteiger partial charge on any atom is 0.340 e. The number of benzene rings is 2. The number of rotatable bonds is 8. The number of carbonyl (C=O) groups excluding carboxylic acids is 2. The third-order valence-corrected chi connectivity index (χ3v) is 4.50. The van der Waals surface area contributed by atoms with Crippen LogP contribution in [-0.2, 0) is 9.53 Å². The fraction of sp³-hybridized carbons (Fsp3) is 0.200. The van der Waals surface area contributed by atoms with E-state index in [1.165, 1.54) is 44.7 Å².